The number of carbonyl (C=O) groups excluding carboxylic acids is 1. The van der Waals surface area contributed by atoms with Gasteiger partial charge in [-0.1, -0.05) is 18.9 Å². The predicted octanol–water partition coefficient (Wildman–Crippen LogP) is 4.41. The van der Waals surface area contributed by atoms with Crippen molar-refractivity contribution in [2.24, 2.45) is 11.5 Å². The van der Waals surface area contributed by atoms with Gasteiger partial charge in [-0.2, -0.15) is 0 Å². The average molecular weight is 420 g/mol. The molecule has 31 heavy (non-hydrogen) atoms. The van der Waals surface area contributed by atoms with E-state index in [4.69, 9.17) is 11.5 Å². The van der Waals surface area contributed by atoms with E-state index in [1.807, 2.05) is 24.3 Å². The Hall–Kier alpha value is -3.45. The molecular formula is C24H26FN5O. The molecule has 0 saturated heterocycles. The summed E-state index contributed by atoms with van der Waals surface area (Å²) in [5.74, 6) is -0.278. The van der Waals surface area contributed by atoms with E-state index < -0.39 is 5.91 Å². The molecular weight excluding hydrogens is 393 g/mol. The Bertz CT molecular complexity index is 1070. The maximum atomic E-state index is 13.2. The molecule has 3 aromatic rings. The van der Waals surface area contributed by atoms with Gasteiger partial charge in [0.05, 0.1) is 16.9 Å². The molecule has 160 valence electrons. The van der Waals surface area contributed by atoms with Gasteiger partial charge in [0.25, 0.3) is 5.91 Å². The molecule has 2 atom stereocenters. The third-order valence-corrected chi connectivity index (χ3v) is 5.61. The number of pyridine rings is 1. The van der Waals surface area contributed by atoms with Crippen LogP contribution in [0.1, 0.15) is 36.0 Å². The zero-order valence-corrected chi connectivity index (χ0v) is 17.1. The number of halogens is 1. The second-order valence-electron chi connectivity index (χ2n) is 7.86. The SMILES string of the molecule is NC(=O)c1ccc(N[C@@H]2CCCC[C@@H]2N)cc1Nc1cccc(-c2ccc(F)cc2)n1. The number of hydrogen-bond acceptors (Lipinski definition) is 5. The molecule has 1 amide bonds. The van der Waals surface area contributed by atoms with Crippen LogP contribution in [0, 0.1) is 5.82 Å². The highest BCUT2D eigenvalue weighted by molar-refractivity contribution is 5.99. The standard InChI is InChI=1S/C24H26FN5O/c25-16-10-8-15(9-11-16)20-6-3-7-23(29-20)30-22-14-17(12-13-18(22)24(27)31)28-21-5-2-1-4-19(21)26/h3,6-14,19,21,28H,1-2,4-5,26H2,(H2,27,31)(H,29,30)/t19-,21+/m0/s1. The van der Waals surface area contributed by atoms with Crippen molar-refractivity contribution in [3.63, 3.8) is 0 Å². The van der Waals surface area contributed by atoms with Crippen LogP contribution in [0.15, 0.2) is 60.7 Å². The Balaban J connectivity index is 1.60. The van der Waals surface area contributed by atoms with Gasteiger partial charge in [0, 0.05) is 23.3 Å². The van der Waals surface area contributed by atoms with Crippen molar-refractivity contribution in [1.29, 1.82) is 0 Å². The molecule has 6 nitrogen and oxygen atoms in total. The lowest BCUT2D eigenvalue weighted by Gasteiger charge is -2.30. The number of hydrogen-bond donors (Lipinski definition) is 4. The van der Waals surface area contributed by atoms with Crippen LogP contribution in [0.25, 0.3) is 11.3 Å². The van der Waals surface area contributed by atoms with Crippen molar-refractivity contribution >= 4 is 23.1 Å². The van der Waals surface area contributed by atoms with Gasteiger partial charge < -0.3 is 22.1 Å². The fourth-order valence-corrected chi connectivity index (χ4v) is 3.93. The fourth-order valence-electron chi connectivity index (χ4n) is 3.93. The van der Waals surface area contributed by atoms with Gasteiger partial charge in [-0.25, -0.2) is 9.37 Å². The Labute approximate surface area is 180 Å². The van der Waals surface area contributed by atoms with E-state index in [-0.39, 0.29) is 17.9 Å². The third-order valence-electron chi connectivity index (χ3n) is 5.61. The number of primary amides is 1. The van der Waals surface area contributed by atoms with Gasteiger partial charge in [-0.3, -0.25) is 4.79 Å². The van der Waals surface area contributed by atoms with Crippen LogP contribution in [0.4, 0.5) is 21.6 Å². The Morgan fingerprint density at radius 3 is 2.55 bits per heavy atom. The normalized spacial score (nSPS) is 18.4. The molecule has 6 N–H and O–H groups in total. The molecule has 1 aliphatic carbocycles. The lowest BCUT2D eigenvalue weighted by Crippen LogP contribution is -2.42. The van der Waals surface area contributed by atoms with Crippen LogP contribution < -0.4 is 22.1 Å². The van der Waals surface area contributed by atoms with Crippen LogP contribution in [-0.4, -0.2) is 23.0 Å². The smallest absolute Gasteiger partial charge is 0.250 e. The summed E-state index contributed by atoms with van der Waals surface area (Å²) >= 11 is 0. The number of nitrogens with two attached hydrogens (primary N) is 2. The van der Waals surface area contributed by atoms with Crippen molar-refractivity contribution in [2.75, 3.05) is 10.6 Å². The first-order chi connectivity index (χ1) is 15.0. The van der Waals surface area contributed by atoms with E-state index in [0.29, 0.717) is 22.8 Å². The molecule has 0 unspecified atom stereocenters. The van der Waals surface area contributed by atoms with Gasteiger partial charge in [0.1, 0.15) is 11.6 Å². The summed E-state index contributed by atoms with van der Waals surface area (Å²) in [5, 5.41) is 6.70. The van der Waals surface area contributed by atoms with Gasteiger partial charge >= 0.3 is 0 Å². The first kappa shape index (κ1) is 20.8. The number of rotatable bonds is 6. The molecule has 4 rings (SSSR count). The topological polar surface area (TPSA) is 106 Å². The number of amides is 1. The molecule has 2 aromatic carbocycles. The summed E-state index contributed by atoms with van der Waals surface area (Å²) in [6.45, 7) is 0. The largest absolute Gasteiger partial charge is 0.381 e. The summed E-state index contributed by atoms with van der Waals surface area (Å²) in [7, 11) is 0. The first-order valence-electron chi connectivity index (χ1n) is 10.5. The average Bonchev–Trinajstić information content (AvgIpc) is 2.76. The Kier molecular flexibility index (Phi) is 6.13. The van der Waals surface area contributed by atoms with Gasteiger partial charge in [0.15, 0.2) is 0 Å². The molecule has 0 spiro atoms. The number of benzene rings is 2. The second-order valence-corrected chi connectivity index (χ2v) is 7.86. The van der Waals surface area contributed by atoms with Crippen LogP contribution in [-0.2, 0) is 0 Å². The minimum absolute atomic E-state index is 0.107. The van der Waals surface area contributed by atoms with Crippen molar-refractivity contribution in [3.8, 4) is 11.3 Å². The van der Waals surface area contributed by atoms with Crippen LogP contribution in [0.2, 0.25) is 0 Å². The van der Waals surface area contributed by atoms with Crippen LogP contribution in [0.5, 0.6) is 0 Å². The van der Waals surface area contributed by atoms with Crippen molar-refractivity contribution in [3.05, 3.63) is 72.0 Å². The molecule has 1 fully saturated rings. The van der Waals surface area contributed by atoms with Gasteiger partial charge in [-0.15, -0.1) is 0 Å². The molecule has 0 aliphatic heterocycles. The zero-order valence-electron chi connectivity index (χ0n) is 17.1. The minimum Gasteiger partial charge on any atom is -0.381 e. The highest BCUT2D eigenvalue weighted by Crippen LogP contribution is 2.28. The maximum absolute atomic E-state index is 13.2. The summed E-state index contributed by atoms with van der Waals surface area (Å²) in [5.41, 5.74) is 15.1. The summed E-state index contributed by atoms with van der Waals surface area (Å²) in [6, 6.07) is 17.3. The Morgan fingerprint density at radius 1 is 1.03 bits per heavy atom. The van der Waals surface area contributed by atoms with E-state index >= 15 is 0 Å². The highest BCUT2D eigenvalue weighted by atomic mass is 19.1. The van der Waals surface area contributed by atoms with Crippen LogP contribution >= 0.6 is 0 Å². The number of carbonyl (C=O) groups is 1. The van der Waals surface area contributed by atoms with E-state index in [0.717, 1.165) is 36.9 Å². The number of nitrogens with zero attached hydrogens (tertiary/aromatic N) is 1. The second kappa shape index (κ2) is 9.14. The molecule has 0 radical (unpaired) electrons. The maximum Gasteiger partial charge on any atom is 0.250 e. The van der Waals surface area contributed by atoms with Gasteiger partial charge in [-0.05, 0) is 67.4 Å². The summed E-state index contributed by atoms with van der Waals surface area (Å²) < 4.78 is 13.2. The van der Waals surface area contributed by atoms with E-state index in [9.17, 15) is 9.18 Å². The van der Waals surface area contributed by atoms with Crippen LogP contribution in [0.3, 0.4) is 0 Å². The third kappa shape index (κ3) is 5.00. The number of aromatic nitrogens is 1. The van der Waals surface area contributed by atoms with Crippen molar-refractivity contribution in [2.45, 2.75) is 37.8 Å². The molecule has 1 aliphatic rings. The summed E-state index contributed by atoms with van der Waals surface area (Å²) in [4.78, 5) is 16.6. The molecule has 7 heteroatoms. The first-order valence-corrected chi connectivity index (χ1v) is 10.5. The Morgan fingerprint density at radius 2 is 1.81 bits per heavy atom. The number of nitrogens with one attached hydrogen (secondary N) is 2. The predicted molar refractivity (Wildman–Crippen MR) is 122 cm³/mol. The number of anilines is 3. The lowest BCUT2D eigenvalue weighted by atomic mass is 9.91. The fraction of sp³-hybridized carbons (Fsp3) is 0.250. The molecule has 1 heterocycles. The monoisotopic (exact) mass is 419 g/mol. The quantitative estimate of drug-likeness (QED) is 0.473. The molecule has 1 saturated carbocycles. The highest BCUT2D eigenvalue weighted by Gasteiger charge is 2.22. The summed E-state index contributed by atoms with van der Waals surface area (Å²) in [6.07, 6.45) is 4.32. The minimum atomic E-state index is -0.530. The van der Waals surface area contributed by atoms with E-state index in [1.165, 1.54) is 12.1 Å². The zero-order chi connectivity index (χ0) is 21.8. The van der Waals surface area contributed by atoms with Crippen molar-refractivity contribution in [1.82, 2.24) is 4.98 Å². The van der Waals surface area contributed by atoms with Gasteiger partial charge in [0.2, 0.25) is 0 Å². The lowest BCUT2D eigenvalue weighted by molar-refractivity contribution is 0.100. The van der Waals surface area contributed by atoms with Crippen molar-refractivity contribution < 1.29 is 9.18 Å². The molecule has 1 aromatic heterocycles. The molecule has 0 bridgehead atoms. The van der Waals surface area contributed by atoms with E-state index in [2.05, 4.69) is 15.6 Å². The van der Waals surface area contributed by atoms with E-state index in [1.54, 1.807) is 24.3 Å².